The molecule has 0 fully saturated rings. The summed E-state index contributed by atoms with van der Waals surface area (Å²) < 4.78 is 5.77. The van der Waals surface area contributed by atoms with Gasteiger partial charge in [0.15, 0.2) is 0 Å². The van der Waals surface area contributed by atoms with Crippen LogP contribution < -0.4 is 5.32 Å². The summed E-state index contributed by atoms with van der Waals surface area (Å²) in [6, 6.07) is 5.93. The Balaban J connectivity index is 2.22. The van der Waals surface area contributed by atoms with Crippen LogP contribution in [-0.4, -0.2) is 19.1 Å². The van der Waals surface area contributed by atoms with E-state index in [4.69, 9.17) is 4.74 Å². The average Bonchev–Trinajstić information content (AvgIpc) is 2.27. The van der Waals surface area contributed by atoms with Crippen LogP contribution in [0.1, 0.15) is 11.1 Å². The summed E-state index contributed by atoms with van der Waals surface area (Å²) in [5.74, 6) is -0.194. The van der Waals surface area contributed by atoms with Crippen LogP contribution in [0, 0.1) is 0 Å². The third-order valence-corrected chi connectivity index (χ3v) is 3.11. The predicted octanol–water partition coefficient (Wildman–Crippen LogP) is 1.64. The van der Waals surface area contributed by atoms with Crippen LogP contribution in [-0.2, 0) is 22.5 Å². The molecule has 15 heavy (non-hydrogen) atoms. The van der Waals surface area contributed by atoms with Gasteiger partial charge in [-0.2, -0.15) is 0 Å². The standard InChI is InChI=1S/C11H12BrNO2/c1-15-11(14)10-5-8-4-9(12)3-2-7(8)6-13-10/h2-4,10,13H,5-6H2,1H3/t10-/m0/s1. The summed E-state index contributed by atoms with van der Waals surface area (Å²) >= 11 is 3.43. The molecule has 1 aromatic carbocycles. The summed E-state index contributed by atoms with van der Waals surface area (Å²) in [5, 5.41) is 3.16. The van der Waals surface area contributed by atoms with Crippen LogP contribution in [0.2, 0.25) is 0 Å². The monoisotopic (exact) mass is 269 g/mol. The van der Waals surface area contributed by atoms with E-state index in [0.29, 0.717) is 6.42 Å². The van der Waals surface area contributed by atoms with E-state index in [2.05, 4.69) is 33.4 Å². The topological polar surface area (TPSA) is 38.3 Å². The van der Waals surface area contributed by atoms with Crippen molar-refractivity contribution in [3.63, 3.8) is 0 Å². The molecule has 0 spiro atoms. The van der Waals surface area contributed by atoms with Crippen molar-refractivity contribution >= 4 is 21.9 Å². The molecule has 80 valence electrons. The molecule has 1 N–H and O–H groups in total. The number of rotatable bonds is 1. The minimum Gasteiger partial charge on any atom is -0.468 e. The number of benzene rings is 1. The van der Waals surface area contributed by atoms with Gasteiger partial charge >= 0.3 is 5.97 Å². The van der Waals surface area contributed by atoms with Crippen molar-refractivity contribution < 1.29 is 9.53 Å². The van der Waals surface area contributed by atoms with Crippen molar-refractivity contribution in [2.45, 2.75) is 19.0 Å². The number of halogens is 1. The zero-order valence-electron chi connectivity index (χ0n) is 8.42. The molecule has 0 amide bonds. The lowest BCUT2D eigenvalue weighted by Crippen LogP contribution is -2.42. The van der Waals surface area contributed by atoms with Crippen molar-refractivity contribution in [3.8, 4) is 0 Å². The number of carbonyl (C=O) groups is 1. The normalized spacial score (nSPS) is 19.5. The molecule has 3 nitrogen and oxygen atoms in total. The van der Waals surface area contributed by atoms with Gasteiger partial charge in [-0.25, -0.2) is 0 Å². The molecule has 0 unspecified atom stereocenters. The van der Waals surface area contributed by atoms with Gasteiger partial charge in [0.25, 0.3) is 0 Å². The fraction of sp³-hybridized carbons (Fsp3) is 0.364. The number of methoxy groups -OCH3 is 1. The number of hydrogen-bond donors (Lipinski definition) is 1. The van der Waals surface area contributed by atoms with E-state index in [0.717, 1.165) is 11.0 Å². The molecule has 0 saturated heterocycles. The van der Waals surface area contributed by atoms with Crippen LogP contribution in [0.25, 0.3) is 0 Å². The lowest BCUT2D eigenvalue weighted by atomic mass is 9.96. The van der Waals surface area contributed by atoms with Gasteiger partial charge < -0.3 is 10.1 Å². The first kappa shape index (κ1) is 10.6. The summed E-state index contributed by atoms with van der Waals surface area (Å²) in [4.78, 5) is 11.4. The molecule has 4 heteroatoms. The van der Waals surface area contributed by atoms with E-state index in [1.54, 1.807) is 0 Å². The fourth-order valence-corrected chi connectivity index (χ4v) is 2.20. The molecule has 0 saturated carbocycles. The van der Waals surface area contributed by atoms with E-state index in [1.807, 2.05) is 6.07 Å². The first-order valence-electron chi connectivity index (χ1n) is 4.79. The average molecular weight is 270 g/mol. The van der Waals surface area contributed by atoms with E-state index in [1.165, 1.54) is 18.2 Å². The smallest absolute Gasteiger partial charge is 0.323 e. The fourth-order valence-electron chi connectivity index (χ4n) is 1.79. The van der Waals surface area contributed by atoms with Crippen molar-refractivity contribution in [2.24, 2.45) is 0 Å². The minimum absolute atomic E-state index is 0.194. The number of fused-ring (bicyclic) bond motifs is 1. The largest absolute Gasteiger partial charge is 0.468 e. The molecular weight excluding hydrogens is 258 g/mol. The zero-order chi connectivity index (χ0) is 10.8. The van der Waals surface area contributed by atoms with Gasteiger partial charge in [0.1, 0.15) is 6.04 Å². The number of carbonyl (C=O) groups excluding carboxylic acids is 1. The highest BCUT2D eigenvalue weighted by atomic mass is 79.9. The Labute approximate surface area is 96.9 Å². The second kappa shape index (κ2) is 4.33. The highest BCUT2D eigenvalue weighted by molar-refractivity contribution is 9.10. The van der Waals surface area contributed by atoms with Gasteiger partial charge in [0.2, 0.25) is 0 Å². The van der Waals surface area contributed by atoms with Crippen LogP contribution in [0.4, 0.5) is 0 Å². The maximum atomic E-state index is 11.4. The molecule has 0 aliphatic carbocycles. The van der Waals surface area contributed by atoms with E-state index in [9.17, 15) is 4.79 Å². The van der Waals surface area contributed by atoms with Crippen LogP contribution in [0.5, 0.6) is 0 Å². The van der Waals surface area contributed by atoms with E-state index in [-0.39, 0.29) is 12.0 Å². The third kappa shape index (κ3) is 2.21. The Morgan fingerprint density at radius 3 is 3.07 bits per heavy atom. The van der Waals surface area contributed by atoms with Gasteiger partial charge in [-0.3, -0.25) is 4.79 Å². The van der Waals surface area contributed by atoms with E-state index >= 15 is 0 Å². The Morgan fingerprint density at radius 1 is 1.53 bits per heavy atom. The second-order valence-electron chi connectivity index (χ2n) is 3.57. The summed E-state index contributed by atoms with van der Waals surface area (Å²) in [6.45, 7) is 0.725. The minimum atomic E-state index is -0.211. The molecule has 0 radical (unpaired) electrons. The van der Waals surface area contributed by atoms with Crippen LogP contribution in [0.15, 0.2) is 22.7 Å². The highest BCUT2D eigenvalue weighted by Crippen LogP contribution is 2.21. The SMILES string of the molecule is COC(=O)[C@@H]1Cc2cc(Br)ccc2CN1. The third-order valence-electron chi connectivity index (χ3n) is 2.62. The Bertz CT molecular complexity index is 392. The number of nitrogens with one attached hydrogen (secondary N) is 1. The lowest BCUT2D eigenvalue weighted by molar-refractivity contribution is -0.143. The van der Waals surface area contributed by atoms with Gasteiger partial charge in [0, 0.05) is 11.0 Å². The van der Waals surface area contributed by atoms with Crippen molar-refractivity contribution in [1.29, 1.82) is 0 Å². The molecule has 1 aliphatic heterocycles. The molecule has 0 aromatic heterocycles. The van der Waals surface area contributed by atoms with Crippen molar-refractivity contribution in [1.82, 2.24) is 5.32 Å². The Morgan fingerprint density at radius 2 is 2.33 bits per heavy atom. The summed E-state index contributed by atoms with van der Waals surface area (Å²) in [5.41, 5.74) is 2.46. The van der Waals surface area contributed by atoms with Gasteiger partial charge in [-0.05, 0) is 29.7 Å². The maximum absolute atomic E-state index is 11.4. The van der Waals surface area contributed by atoms with Gasteiger partial charge in [0.05, 0.1) is 7.11 Å². The van der Waals surface area contributed by atoms with E-state index < -0.39 is 0 Å². The summed E-state index contributed by atoms with van der Waals surface area (Å²) in [7, 11) is 1.42. The Kier molecular flexibility index (Phi) is 3.07. The summed E-state index contributed by atoms with van der Waals surface area (Å²) in [6.07, 6.45) is 0.696. The molecular formula is C11H12BrNO2. The van der Waals surface area contributed by atoms with Crippen LogP contribution >= 0.6 is 15.9 Å². The zero-order valence-corrected chi connectivity index (χ0v) is 10.0. The molecule has 1 aromatic rings. The second-order valence-corrected chi connectivity index (χ2v) is 4.49. The number of hydrogen-bond acceptors (Lipinski definition) is 3. The number of esters is 1. The predicted molar refractivity (Wildman–Crippen MR) is 60.5 cm³/mol. The molecule has 2 rings (SSSR count). The number of ether oxygens (including phenoxy) is 1. The van der Waals surface area contributed by atoms with Crippen molar-refractivity contribution in [2.75, 3.05) is 7.11 Å². The quantitative estimate of drug-likeness (QED) is 0.788. The highest BCUT2D eigenvalue weighted by Gasteiger charge is 2.24. The Hall–Kier alpha value is -0.870. The van der Waals surface area contributed by atoms with Crippen molar-refractivity contribution in [3.05, 3.63) is 33.8 Å². The molecule has 1 aliphatic rings. The molecule has 1 atom stereocenters. The molecule has 0 bridgehead atoms. The van der Waals surface area contributed by atoms with Crippen LogP contribution in [0.3, 0.4) is 0 Å². The van der Waals surface area contributed by atoms with Gasteiger partial charge in [-0.15, -0.1) is 0 Å². The lowest BCUT2D eigenvalue weighted by Gasteiger charge is -2.24. The first-order valence-corrected chi connectivity index (χ1v) is 5.58. The maximum Gasteiger partial charge on any atom is 0.323 e. The first-order chi connectivity index (χ1) is 7.20. The van der Waals surface area contributed by atoms with Gasteiger partial charge in [-0.1, -0.05) is 22.0 Å². The molecule has 1 heterocycles.